The zero-order valence-corrected chi connectivity index (χ0v) is 11.3. The fourth-order valence-electron chi connectivity index (χ4n) is 2.44. The normalized spacial score (nSPS) is 17.0. The first-order valence-corrected chi connectivity index (χ1v) is 7.23. The van der Waals surface area contributed by atoms with E-state index in [0.717, 1.165) is 10.1 Å². The maximum Gasteiger partial charge on any atom is 0.266 e. The van der Waals surface area contributed by atoms with Gasteiger partial charge in [0.25, 0.3) is 5.91 Å². The Morgan fingerprint density at radius 1 is 1.32 bits per heavy atom. The molecule has 1 amide bonds. The first kappa shape index (κ1) is 12.4. The van der Waals surface area contributed by atoms with Crippen molar-refractivity contribution in [1.29, 1.82) is 0 Å². The van der Waals surface area contributed by atoms with Gasteiger partial charge in [-0.05, 0) is 18.9 Å². The number of nitrogens with zero attached hydrogens (tertiary/aromatic N) is 1. The van der Waals surface area contributed by atoms with Crippen molar-refractivity contribution in [2.24, 2.45) is 0 Å². The molecule has 1 aromatic heterocycles. The number of anilines is 1. The molecule has 4 nitrogen and oxygen atoms in total. The number of thiophene rings is 1. The van der Waals surface area contributed by atoms with Gasteiger partial charge in [0, 0.05) is 23.2 Å². The van der Waals surface area contributed by atoms with E-state index in [2.05, 4.69) is 0 Å². The van der Waals surface area contributed by atoms with Crippen LogP contribution < -0.4 is 5.73 Å². The van der Waals surface area contributed by atoms with Crippen LogP contribution in [0.15, 0.2) is 24.3 Å². The monoisotopic (exact) mass is 276 g/mol. The van der Waals surface area contributed by atoms with Crippen molar-refractivity contribution in [2.75, 3.05) is 18.8 Å². The lowest BCUT2D eigenvalue weighted by molar-refractivity contribution is 0.0551. The molecule has 0 aliphatic carbocycles. The van der Waals surface area contributed by atoms with Crippen molar-refractivity contribution in [3.05, 3.63) is 29.1 Å². The van der Waals surface area contributed by atoms with Gasteiger partial charge in [-0.3, -0.25) is 4.79 Å². The van der Waals surface area contributed by atoms with Crippen LogP contribution in [0, 0.1) is 0 Å². The highest BCUT2D eigenvalue weighted by molar-refractivity contribution is 7.21. The third-order valence-corrected chi connectivity index (χ3v) is 4.75. The second-order valence-electron chi connectivity index (χ2n) is 4.86. The molecule has 5 heteroatoms. The number of hydrogen-bond donors (Lipinski definition) is 2. The van der Waals surface area contributed by atoms with Gasteiger partial charge in [0.05, 0.1) is 11.8 Å². The molecule has 2 heterocycles. The summed E-state index contributed by atoms with van der Waals surface area (Å²) >= 11 is 1.45. The zero-order valence-electron chi connectivity index (χ0n) is 10.5. The van der Waals surface area contributed by atoms with E-state index < -0.39 is 0 Å². The Morgan fingerprint density at radius 2 is 2.00 bits per heavy atom. The lowest BCUT2D eigenvalue weighted by atomic mass is 10.1. The molecule has 0 saturated carbocycles. The minimum absolute atomic E-state index is 0.00870. The van der Waals surface area contributed by atoms with Crippen LogP contribution in [0.1, 0.15) is 22.5 Å². The number of piperidine rings is 1. The lowest BCUT2D eigenvalue weighted by Gasteiger charge is -2.29. The topological polar surface area (TPSA) is 66.6 Å². The summed E-state index contributed by atoms with van der Waals surface area (Å²) in [6.07, 6.45) is 1.02. The van der Waals surface area contributed by atoms with Gasteiger partial charge in [-0.1, -0.05) is 18.2 Å². The number of carbonyl (C=O) groups is 1. The van der Waals surface area contributed by atoms with E-state index >= 15 is 0 Å². The van der Waals surface area contributed by atoms with Crippen molar-refractivity contribution >= 4 is 33.0 Å². The molecule has 0 unspecified atom stereocenters. The second kappa shape index (κ2) is 4.83. The predicted molar refractivity (Wildman–Crippen MR) is 77.4 cm³/mol. The number of fused-ring (bicyclic) bond motifs is 1. The van der Waals surface area contributed by atoms with E-state index in [1.165, 1.54) is 11.3 Å². The molecule has 19 heavy (non-hydrogen) atoms. The van der Waals surface area contributed by atoms with Gasteiger partial charge in [-0.2, -0.15) is 0 Å². The number of hydrogen-bond acceptors (Lipinski definition) is 4. The van der Waals surface area contributed by atoms with Crippen LogP contribution in [0.2, 0.25) is 0 Å². The first-order valence-electron chi connectivity index (χ1n) is 6.41. The van der Waals surface area contributed by atoms with Crippen molar-refractivity contribution in [1.82, 2.24) is 4.90 Å². The SMILES string of the molecule is Nc1c(C(=O)N2CCC(O)CC2)sc2ccccc12. The van der Waals surface area contributed by atoms with Gasteiger partial charge in [0.15, 0.2) is 0 Å². The van der Waals surface area contributed by atoms with Gasteiger partial charge in [0.1, 0.15) is 4.88 Å². The van der Waals surface area contributed by atoms with E-state index in [1.54, 1.807) is 4.90 Å². The number of nitrogen functional groups attached to an aromatic ring is 1. The minimum Gasteiger partial charge on any atom is -0.397 e. The van der Waals surface area contributed by atoms with Crippen LogP contribution in [-0.4, -0.2) is 35.1 Å². The van der Waals surface area contributed by atoms with Crippen molar-refractivity contribution in [3.63, 3.8) is 0 Å². The molecule has 2 aromatic rings. The molecule has 1 saturated heterocycles. The third-order valence-electron chi connectivity index (χ3n) is 3.58. The van der Waals surface area contributed by atoms with Gasteiger partial charge in [-0.25, -0.2) is 0 Å². The fraction of sp³-hybridized carbons (Fsp3) is 0.357. The summed E-state index contributed by atoms with van der Waals surface area (Å²) in [6.45, 7) is 1.21. The summed E-state index contributed by atoms with van der Waals surface area (Å²) in [4.78, 5) is 14.9. The number of rotatable bonds is 1. The Kier molecular flexibility index (Phi) is 3.16. The quantitative estimate of drug-likeness (QED) is 0.838. The highest BCUT2D eigenvalue weighted by atomic mass is 32.1. The smallest absolute Gasteiger partial charge is 0.266 e. The molecular weight excluding hydrogens is 260 g/mol. The van der Waals surface area contributed by atoms with Gasteiger partial charge >= 0.3 is 0 Å². The minimum atomic E-state index is -0.274. The third kappa shape index (κ3) is 2.19. The molecule has 3 rings (SSSR count). The standard InChI is InChI=1S/C14H16N2O2S/c15-12-10-3-1-2-4-11(10)19-13(12)14(18)16-7-5-9(17)6-8-16/h1-4,9,17H,5-8,15H2. The van der Waals surface area contributed by atoms with E-state index in [0.29, 0.717) is 36.5 Å². The van der Waals surface area contributed by atoms with Crippen molar-refractivity contribution in [3.8, 4) is 0 Å². The number of aliphatic hydroxyl groups is 1. The van der Waals surface area contributed by atoms with Crippen LogP contribution in [0.3, 0.4) is 0 Å². The van der Waals surface area contributed by atoms with E-state index in [9.17, 15) is 9.90 Å². The van der Waals surface area contributed by atoms with Crippen LogP contribution >= 0.6 is 11.3 Å². The molecule has 0 spiro atoms. The maximum absolute atomic E-state index is 12.5. The highest BCUT2D eigenvalue weighted by Gasteiger charge is 2.25. The molecule has 0 bridgehead atoms. The van der Waals surface area contributed by atoms with Gasteiger partial charge in [0.2, 0.25) is 0 Å². The Labute approximate surface area is 115 Å². The molecule has 100 valence electrons. The van der Waals surface area contributed by atoms with E-state index in [1.807, 2.05) is 24.3 Å². The summed E-state index contributed by atoms with van der Waals surface area (Å²) in [5.74, 6) is -0.00870. The largest absolute Gasteiger partial charge is 0.397 e. The number of likely N-dealkylation sites (tertiary alicyclic amines) is 1. The molecular formula is C14H16N2O2S. The summed E-state index contributed by atoms with van der Waals surface area (Å²) in [7, 11) is 0. The molecule has 1 aliphatic heterocycles. The van der Waals surface area contributed by atoms with Crippen LogP contribution in [-0.2, 0) is 0 Å². The van der Waals surface area contributed by atoms with Crippen molar-refractivity contribution in [2.45, 2.75) is 18.9 Å². The van der Waals surface area contributed by atoms with Crippen LogP contribution in [0.4, 0.5) is 5.69 Å². The molecule has 1 fully saturated rings. The number of nitrogens with two attached hydrogens (primary N) is 1. The zero-order chi connectivity index (χ0) is 13.4. The average molecular weight is 276 g/mol. The summed E-state index contributed by atoms with van der Waals surface area (Å²) in [5.41, 5.74) is 6.67. The molecule has 1 aliphatic rings. The fourth-order valence-corrected chi connectivity index (χ4v) is 3.53. The second-order valence-corrected chi connectivity index (χ2v) is 5.92. The summed E-state index contributed by atoms with van der Waals surface area (Å²) in [5, 5.41) is 10.4. The Balaban J connectivity index is 1.91. The Bertz CT molecular complexity index is 615. The lowest BCUT2D eigenvalue weighted by Crippen LogP contribution is -2.39. The number of amides is 1. The number of benzene rings is 1. The number of aliphatic hydroxyl groups excluding tert-OH is 1. The van der Waals surface area contributed by atoms with Crippen molar-refractivity contribution < 1.29 is 9.90 Å². The molecule has 1 aromatic carbocycles. The summed E-state index contributed by atoms with van der Waals surface area (Å²) < 4.78 is 1.04. The Morgan fingerprint density at radius 3 is 2.68 bits per heavy atom. The van der Waals surface area contributed by atoms with Crippen LogP contribution in [0.5, 0.6) is 0 Å². The molecule has 0 atom stereocenters. The molecule has 0 radical (unpaired) electrons. The maximum atomic E-state index is 12.5. The Hall–Kier alpha value is -1.59. The number of carbonyl (C=O) groups excluding carboxylic acids is 1. The van der Waals surface area contributed by atoms with Gasteiger partial charge in [-0.15, -0.1) is 11.3 Å². The average Bonchev–Trinajstić information content (AvgIpc) is 2.77. The van der Waals surface area contributed by atoms with Crippen LogP contribution in [0.25, 0.3) is 10.1 Å². The van der Waals surface area contributed by atoms with E-state index in [-0.39, 0.29) is 12.0 Å². The van der Waals surface area contributed by atoms with E-state index in [4.69, 9.17) is 5.73 Å². The summed E-state index contributed by atoms with van der Waals surface area (Å²) in [6, 6.07) is 7.80. The highest BCUT2D eigenvalue weighted by Crippen LogP contribution is 2.34. The first-order chi connectivity index (χ1) is 9.16. The predicted octanol–water partition coefficient (Wildman–Crippen LogP) is 2.08. The van der Waals surface area contributed by atoms with Gasteiger partial charge < -0.3 is 15.7 Å². The molecule has 3 N–H and O–H groups in total.